The molecule has 1 saturated heterocycles. The fourth-order valence-corrected chi connectivity index (χ4v) is 2.39. The van der Waals surface area contributed by atoms with E-state index in [1.807, 2.05) is 0 Å². The van der Waals surface area contributed by atoms with Crippen molar-refractivity contribution in [1.29, 1.82) is 0 Å². The van der Waals surface area contributed by atoms with Crippen LogP contribution in [0.15, 0.2) is 18.2 Å². The summed E-state index contributed by atoms with van der Waals surface area (Å²) in [5, 5.41) is 12.1. The number of hydrogen-bond donors (Lipinski definition) is 2. The van der Waals surface area contributed by atoms with Crippen molar-refractivity contribution in [2.24, 2.45) is 0 Å². The average Bonchev–Trinajstić information content (AvgIpc) is 2.46. The Bertz CT molecular complexity index is 430. The van der Waals surface area contributed by atoms with Crippen LogP contribution in [-0.4, -0.2) is 46.6 Å². The van der Waals surface area contributed by atoms with Crippen LogP contribution in [0.5, 0.6) is 0 Å². The van der Waals surface area contributed by atoms with Gasteiger partial charge in [-0.25, -0.2) is 9.78 Å². The zero-order chi connectivity index (χ0) is 13.7. The highest BCUT2D eigenvalue weighted by molar-refractivity contribution is 5.85. The molecule has 2 heterocycles. The van der Waals surface area contributed by atoms with Crippen molar-refractivity contribution in [2.45, 2.75) is 32.2 Å². The van der Waals surface area contributed by atoms with E-state index in [9.17, 15) is 4.79 Å². The van der Waals surface area contributed by atoms with E-state index in [1.165, 1.54) is 25.3 Å². The number of rotatable bonds is 5. The lowest BCUT2D eigenvalue weighted by Gasteiger charge is -2.32. The van der Waals surface area contributed by atoms with Crippen LogP contribution in [0, 0.1) is 0 Å². The molecule has 5 nitrogen and oxygen atoms in total. The van der Waals surface area contributed by atoms with E-state index < -0.39 is 5.97 Å². The minimum atomic E-state index is -0.993. The SMILES string of the molecule is CC(CNc1cccc(C(=O)O)n1)N1CCCCC1. The van der Waals surface area contributed by atoms with Crippen LogP contribution in [0.3, 0.4) is 0 Å². The number of carboxylic acid groups (broad SMARTS) is 1. The smallest absolute Gasteiger partial charge is 0.354 e. The molecule has 2 rings (SSSR count). The second kappa shape index (κ2) is 6.52. The minimum Gasteiger partial charge on any atom is -0.477 e. The second-order valence-corrected chi connectivity index (χ2v) is 5.04. The molecule has 1 aliphatic rings. The number of anilines is 1. The molecular formula is C14H21N3O2. The normalized spacial score (nSPS) is 17.9. The maximum atomic E-state index is 10.8. The van der Waals surface area contributed by atoms with Crippen molar-refractivity contribution in [2.75, 3.05) is 25.0 Å². The number of carboxylic acids is 1. The number of piperidine rings is 1. The predicted molar refractivity (Wildman–Crippen MR) is 74.6 cm³/mol. The topological polar surface area (TPSA) is 65.5 Å². The summed E-state index contributed by atoms with van der Waals surface area (Å²) in [5.41, 5.74) is 0.0793. The van der Waals surface area contributed by atoms with Crippen LogP contribution in [0.2, 0.25) is 0 Å². The Hall–Kier alpha value is -1.62. The van der Waals surface area contributed by atoms with Gasteiger partial charge in [0.2, 0.25) is 0 Å². The molecule has 5 heteroatoms. The molecule has 1 unspecified atom stereocenters. The highest BCUT2D eigenvalue weighted by Gasteiger charge is 2.16. The van der Waals surface area contributed by atoms with E-state index in [0.29, 0.717) is 11.9 Å². The number of carbonyl (C=O) groups is 1. The number of nitrogens with zero attached hydrogens (tertiary/aromatic N) is 2. The van der Waals surface area contributed by atoms with Crippen molar-refractivity contribution >= 4 is 11.8 Å². The van der Waals surface area contributed by atoms with Gasteiger partial charge in [0.25, 0.3) is 0 Å². The Labute approximate surface area is 113 Å². The Balaban J connectivity index is 1.87. The molecule has 2 N–H and O–H groups in total. The average molecular weight is 263 g/mol. The number of likely N-dealkylation sites (tertiary alicyclic amines) is 1. The van der Waals surface area contributed by atoms with Gasteiger partial charge in [-0.2, -0.15) is 0 Å². The van der Waals surface area contributed by atoms with Gasteiger partial charge in [0.1, 0.15) is 5.82 Å². The second-order valence-electron chi connectivity index (χ2n) is 5.04. The molecule has 1 fully saturated rings. The first-order valence-electron chi connectivity index (χ1n) is 6.85. The predicted octanol–water partition coefficient (Wildman–Crippen LogP) is 2.07. The molecule has 0 aliphatic carbocycles. The van der Waals surface area contributed by atoms with Gasteiger partial charge in [-0.15, -0.1) is 0 Å². The third kappa shape index (κ3) is 3.92. The van der Waals surface area contributed by atoms with Crippen molar-refractivity contribution in [3.05, 3.63) is 23.9 Å². The molecule has 1 atom stereocenters. The summed E-state index contributed by atoms with van der Waals surface area (Å²) in [6.45, 7) is 5.30. The Morgan fingerprint density at radius 3 is 2.84 bits per heavy atom. The lowest BCUT2D eigenvalue weighted by Crippen LogP contribution is -2.41. The number of hydrogen-bond acceptors (Lipinski definition) is 4. The first-order chi connectivity index (χ1) is 9.16. The summed E-state index contributed by atoms with van der Waals surface area (Å²) in [6, 6.07) is 5.46. The van der Waals surface area contributed by atoms with Crippen molar-refractivity contribution in [3.63, 3.8) is 0 Å². The van der Waals surface area contributed by atoms with Gasteiger partial charge in [0.05, 0.1) is 0 Å². The van der Waals surface area contributed by atoms with Crippen LogP contribution in [0.25, 0.3) is 0 Å². The van der Waals surface area contributed by atoms with Gasteiger partial charge in [-0.3, -0.25) is 4.90 Å². The van der Waals surface area contributed by atoms with E-state index >= 15 is 0 Å². The van der Waals surface area contributed by atoms with Gasteiger partial charge in [0, 0.05) is 12.6 Å². The molecule has 0 radical (unpaired) electrons. The quantitative estimate of drug-likeness (QED) is 0.851. The van der Waals surface area contributed by atoms with Crippen LogP contribution in [0.4, 0.5) is 5.82 Å². The van der Waals surface area contributed by atoms with Gasteiger partial charge < -0.3 is 10.4 Å². The molecule has 0 saturated carbocycles. The van der Waals surface area contributed by atoms with Gasteiger partial charge in [-0.05, 0) is 45.0 Å². The summed E-state index contributed by atoms with van der Waals surface area (Å²) < 4.78 is 0. The number of aromatic carboxylic acids is 1. The van der Waals surface area contributed by atoms with Crippen molar-refractivity contribution < 1.29 is 9.90 Å². The molecule has 0 amide bonds. The van der Waals surface area contributed by atoms with Crippen LogP contribution in [0.1, 0.15) is 36.7 Å². The lowest BCUT2D eigenvalue weighted by atomic mass is 10.1. The van der Waals surface area contributed by atoms with Crippen molar-refractivity contribution in [3.8, 4) is 0 Å². The first kappa shape index (κ1) is 13.8. The molecule has 0 aromatic carbocycles. The molecule has 1 aromatic rings. The number of aromatic nitrogens is 1. The molecule has 19 heavy (non-hydrogen) atoms. The molecular weight excluding hydrogens is 242 g/mol. The molecule has 0 bridgehead atoms. The Morgan fingerprint density at radius 1 is 1.42 bits per heavy atom. The Kier molecular flexibility index (Phi) is 4.74. The summed E-state index contributed by atoms with van der Waals surface area (Å²) in [5.74, 6) is -0.364. The Morgan fingerprint density at radius 2 is 2.16 bits per heavy atom. The van der Waals surface area contributed by atoms with Crippen molar-refractivity contribution in [1.82, 2.24) is 9.88 Å². The van der Waals surface area contributed by atoms with Crippen LogP contribution >= 0.6 is 0 Å². The molecule has 0 spiro atoms. The fourth-order valence-electron chi connectivity index (χ4n) is 2.39. The third-order valence-corrected chi connectivity index (χ3v) is 3.56. The van der Waals surface area contributed by atoms with Crippen LogP contribution < -0.4 is 5.32 Å². The third-order valence-electron chi connectivity index (χ3n) is 3.56. The van der Waals surface area contributed by atoms with E-state index in [2.05, 4.69) is 22.1 Å². The van der Waals surface area contributed by atoms with Crippen LogP contribution in [-0.2, 0) is 0 Å². The minimum absolute atomic E-state index is 0.0793. The highest BCUT2D eigenvalue weighted by atomic mass is 16.4. The highest BCUT2D eigenvalue weighted by Crippen LogP contribution is 2.13. The number of pyridine rings is 1. The van der Waals surface area contributed by atoms with E-state index in [4.69, 9.17) is 5.11 Å². The number of nitrogens with one attached hydrogen (secondary N) is 1. The van der Waals surface area contributed by atoms with E-state index in [0.717, 1.165) is 19.6 Å². The molecule has 1 aliphatic heterocycles. The maximum absolute atomic E-state index is 10.8. The van der Waals surface area contributed by atoms with E-state index in [1.54, 1.807) is 12.1 Å². The zero-order valence-corrected chi connectivity index (χ0v) is 11.3. The van der Waals surface area contributed by atoms with Gasteiger partial charge in [-0.1, -0.05) is 12.5 Å². The molecule has 1 aromatic heterocycles. The van der Waals surface area contributed by atoms with E-state index in [-0.39, 0.29) is 5.69 Å². The van der Waals surface area contributed by atoms with Gasteiger partial charge in [0.15, 0.2) is 5.69 Å². The largest absolute Gasteiger partial charge is 0.477 e. The summed E-state index contributed by atoms with van der Waals surface area (Å²) in [7, 11) is 0. The maximum Gasteiger partial charge on any atom is 0.354 e. The lowest BCUT2D eigenvalue weighted by molar-refractivity contribution is 0.0690. The zero-order valence-electron chi connectivity index (χ0n) is 11.3. The first-order valence-corrected chi connectivity index (χ1v) is 6.85. The summed E-state index contributed by atoms with van der Waals surface area (Å²) >= 11 is 0. The molecule has 104 valence electrons. The van der Waals surface area contributed by atoms with Gasteiger partial charge >= 0.3 is 5.97 Å². The summed E-state index contributed by atoms with van der Waals surface area (Å²) in [4.78, 5) is 17.4. The summed E-state index contributed by atoms with van der Waals surface area (Å²) in [6.07, 6.45) is 3.88. The fraction of sp³-hybridized carbons (Fsp3) is 0.571. The standard InChI is InChI=1S/C14H21N3O2/c1-11(17-8-3-2-4-9-17)10-15-13-7-5-6-12(16-13)14(18)19/h5-7,11H,2-4,8-10H2,1H3,(H,15,16)(H,18,19). The monoisotopic (exact) mass is 263 g/mol.